The molecule has 1 atom stereocenters. The van der Waals surface area contributed by atoms with Crippen LogP contribution >= 0.6 is 0 Å². The van der Waals surface area contributed by atoms with E-state index in [1.54, 1.807) is 0 Å². The van der Waals surface area contributed by atoms with Crippen molar-refractivity contribution in [1.82, 2.24) is 0 Å². The number of carbonyl (C=O) groups is 2. The molecule has 0 aromatic heterocycles. The van der Waals surface area contributed by atoms with Crippen molar-refractivity contribution in [3.05, 3.63) is 29.8 Å². The lowest BCUT2D eigenvalue weighted by molar-refractivity contribution is -0.136. The molecule has 0 aliphatic heterocycles. The van der Waals surface area contributed by atoms with Gasteiger partial charge in [-0.05, 0) is 24.0 Å². The summed E-state index contributed by atoms with van der Waals surface area (Å²) >= 11 is 0. The summed E-state index contributed by atoms with van der Waals surface area (Å²) in [5, 5.41) is 8.89. The van der Waals surface area contributed by atoms with Gasteiger partial charge in [0.15, 0.2) is 0 Å². The second kappa shape index (κ2) is 6.72. The first-order chi connectivity index (χ1) is 9.64. The number of para-hydroxylation sites is 1. The Morgan fingerprint density at radius 1 is 1.29 bits per heavy atom. The van der Waals surface area contributed by atoms with Crippen LogP contribution in [0.4, 0.5) is 5.69 Å². The number of nitrogens with zero attached hydrogens (tertiary/aromatic N) is 1. The molecule has 0 aliphatic carbocycles. The monoisotopic (exact) mass is 292 g/mol. The molecule has 0 bridgehead atoms. The molecular weight excluding hydrogens is 268 g/mol. The third-order valence-corrected chi connectivity index (χ3v) is 3.42. The highest BCUT2D eigenvalue weighted by atomic mass is 16.4. The molecule has 21 heavy (non-hydrogen) atoms. The molecule has 0 saturated heterocycles. The lowest BCUT2D eigenvalue weighted by atomic mass is 9.86. The van der Waals surface area contributed by atoms with Crippen LogP contribution in [0.1, 0.15) is 32.8 Å². The zero-order chi connectivity index (χ0) is 16.2. The van der Waals surface area contributed by atoms with Crippen LogP contribution in [0, 0.1) is 12.3 Å². The molecule has 0 aliphatic rings. The number of benzene rings is 1. The summed E-state index contributed by atoms with van der Waals surface area (Å²) in [7, 11) is 0. The van der Waals surface area contributed by atoms with Gasteiger partial charge in [-0.2, -0.15) is 0 Å². The Balaban J connectivity index is 3.11. The quantitative estimate of drug-likeness (QED) is 0.871. The number of hydrogen-bond acceptors (Lipinski definition) is 3. The Morgan fingerprint density at radius 2 is 1.86 bits per heavy atom. The van der Waals surface area contributed by atoms with Gasteiger partial charge in [-0.25, -0.2) is 0 Å². The zero-order valence-electron chi connectivity index (χ0n) is 13.1. The Kier molecular flexibility index (Phi) is 5.49. The van der Waals surface area contributed by atoms with E-state index in [-0.39, 0.29) is 24.3 Å². The zero-order valence-corrected chi connectivity index (χ0v) is 13.1. The summed E-state index contributed by atoms with van der Waals surface area (Å²) in [5.41, 5.74) is 7.29. The number of aliphatic carboxylic acids is 1. The van der Waals surface area contributed by atoms with Crippen LogP contribution in [0.2, 0.25) is 0 Å². The average molecular weight is 292 g/mol. The number of rotatable bonds is 5. The van der Waals surface area contributed by atoms with Crippen LogP contribution in [0.25, 0.3) is 0 Å². The largest absolute Gasteiger partial charge is 0.481 e. The minimum atomic E-state index is -0.939. The van der Waals surface area contributed by atoms with E-state index in [2.05, 4.69) is 0 Å². The molecule has 0 fully saturated rings. The minimum absolute atomic E-state index is 0.114. The summed E-state index contributed by atoms with van der Waals surface area (Å²) in [5.74, 6) is -1.19. The van der Waals surface area contributed by atoms with Gasteiger partial charge < -0.3 is 15.7 Å². The van der Waals surface area contributed by atoms with E-state index < -0.39 is 12.0 Å². The Hall–Kier alpha value is -1.88. The van der Waals surface area contributed by atoms with Crippen LogP contribution in [0.15, 0.2) is 24.3 Å². The molecule has 1 amide bonds. The predicted molar refractivity (Wildman–Crippen MR) is 83.2 cm³/mol. The summed E-state index contributed by atoms with van der Waals surface area (Å²) < 4.78 is 0. The van der Waals surface area contributed by atoms with E-state index in [0.717, 1.165) is 5.56 Å². The van der Waals surface area contributed by atoms with Crippen molar-refractivity contribution in [2.75, 3.05) is 11.4 Å². The van der Waals surface area contributed by atoms with Gasteiger partial charge in [0.2, 0.25) is 5.91 Å². The van der Waals surface area contributed by atoms with Gasteiger partial charge >= 0.3 is 5.97 Å². The predicted octanol–water partition coefficient (Wildman–Crippen LogP) is 2.18. The number of aryl methyl sites for hydroxylation is 1. The maximum atomic E-state index is 12.7. The van der Waals surface area contributed by atoms with Crippen molar-refractivity contribution >= 4 is 17.6 Å². The molecule has 1 aromatic carbocycles. The van der Waals surface area contributed by atoms with Crippen LogP contribution < -0.4 is 10.6 Å². The van der Waals surface area contributed by atoms with Crippen molar-refractivity contribution in [2.45, 2.75) is 40.2 Å². The smallest absolute Gasteiger partial charge is 0.305 e. The maximum Gasteiger partial charge on any atom is 0.305 e. The highest BCUT2D eigenvalue weighted by Gasteiger charge is 2.32. The Morgan fingerprint density at radius 3 is 2.33 bits per heavy atom. The molecule has 0 unspecified atom stereocenters. The lowest BCUT2D eigenvalue weighted by Gasteiger charge is -2.32. The normalized spacial score (nSPS) is 12.8. The molecular formula is C16H24N2O3. The van der Waals surface area contributed by atoms with Gasteiger partial charge in [0.05, 0.1) is 12.5 Å². The number of carboxylic acid groups (broad SMARTS) is 1. The maximum absolute atomic E-state index is 12.7. The van der Waals surface area contributed by atoms with Crippen molar-refractivity contribution in [2.24, 2.45) is 11.1 Å². The first-order valence-corrected chi connectivity index (χ1v) is 6.99. The third kappa shape index (κ3) is 4.56. The number of amides is 1. The van der Waals surface area contributed by atoms with E-state index in [0.29, 0.717) is 5.69 Å². The average Bonchev–Trinajstić information content (AvgIpc) is 2.38. The van der Waals surface area contributed by atoms with E-state index in [4.69, 9.17) is 10.8 Å². The van der Waals surface area contributed by atoms with E-state index in [9.17, 15) is 9.59 Å². The van der Waals surface area contributed by atoms with Crippen molar-refractivity contribution < 1.29 is 14.7 Å². The van der Waals surface area contributed by atoms with Gasteiger partial charge in [0.1, 0.15) is 0 Å². The Bertz CT molecular complexity index is 520. The number of hydrogen-bond donors (Lipinski definition) is 2. The molecule has 0 saturated carbocycles. The molecule has 0 radical (unpaired) electrons. The highest BCUT2D eigenvalue weighted by molar-refractivity contribution is 5.98. The molecule has 0 heterocycles. The fourth-order valence-electron chi connectivity index (χ4n) is 1.96. The first kappa shape index (κ1) is 17.2. The van der Waals surface area contributed by atoms with Crippen molar-refractivity contribution in [3.8, 4) is 0 Å². The van der Waals surface area contributed by atoms with Crippen molar-refractivity contribution in [1.29, 1.82) is 0 Å². The summed E-state index contributed by atoms with van der Waals surface area (Å²) in [6.07, 6.45) is -0.114. The molecule has 3 N–H and O–H groups in total. The topological polar surface area (TPSA) is 83.6 Å². The van der Waals surface area contributed by atoms with Crippen molar-refractivity contribution in [3.63, 3.8) is 0 Å². The summed E-state index contributed by atoms with van der Waals surface area (Å²) in [4.78, 5) is 25.0. The van der Waals surface area contributed by atoms with Gasteiger partial charge in [-0.15, -0.1) is 0 Å². The van der Waals surface area contributed by atoms with E-state index in [1.807, 2.05) is 52.0 Å². The van der Waals surface area contributed by atoms with Crippen LogP contribution in [0.3, 0.4) is 0 Å². The number of carboxylic acids is 1. The second-order valence-electron chi connectivity index (χ2n) is 6.26. The molecule has 5 nitrogen and oxygen atoms in total. The van der Waals surface area contributed by atoms with Gasteiger partial charge in [-0.3, -0.25) is 9.59 Å². The second-order valence-corrected chi connectivity index (χ2v) is 6.26. The molecule has 116 valence electrons. The highest BCUT2D eigenvalue weighted by Crippen LogP contribution is 2.25. The molecule has 1 aromatic rings. The molecule has 0 spiro atoms. The van der Waals surface area contributed by atoms with Gasteiger partial charge in [-0.1, -0.05) is 39.0 Å². The summed E-state index contributed by atoms with van der Waals surface area (Å²) in [6.45, 7) is 7.68. The number of nitrogens with two attached hydrogens (primary N) is 1. The third-order valence-electron chi connectivity index (χ3n) is 3.42. The summed E-state index contributed by atoms with van der Waals surface area (Å²) in [6, 6.07) is 6.71. The lowest BCUT2D eigenvalue weighted by Crippen LogP contribution is -2.51. The van der Waals surface area contributed by atoms with Gasteiger partial charge in [0, 0.05) is 12.2 Å². The molecule has 1 rings (SSSR count). The van der Waals surface area contributed by atoms with E-state index in [1.165, 1.54) is 4.90 Å². The fraction of sp³-hybridized carbons (Fsp3) is 0.500. The van der Waals surface area contributed by atoms with Crippen LogP contribution in [-0.2, 0) is 9.59 Å². The first-order valence-electron chi connectivity index (χ1n) is 6.99. The SMILES string of the molecule is Cc1ccccc1N(CCC(=O)O)C(=O)[C@@H](N)C(C)(C)C. The minimum Gasteiger partial charge on any atom is -0.481 e. The number of anilines is 1. The molecule has 5 heteroatoms. The van der Waals surface area contributed by atoms with Crippen LogP contribution in [0.5, 0.6) is 0 Å². The standard InChI is InChI=1S/C16H24N2O3/c1-11-7-5-6-8-12(11)18(10-9-13(19)20)15(21)14(17)16(2,3)4/h5-8,14H,9-10,17H2,1-4H3,(H,19,20)/t14-/m1/s1. The number of carbonyl (C=O) groups excluding carboxylic acids is 1. The van der Waals surface area contributed by atoms with Crippen LogP contribution in [-0.4, -0.2) is 29.6 Å². The Labute approximate surface area is 125 Å². The van der Waals surface area contributed by atoms with Gasteiger partial charge in [0.25, 0.3) is 0 Å². The fourth-order valence-corrected chi connectivity index (χ4v) is 1.96. The van der Waals surface area contributed by atoms with E-state index >= 15 is 0 Å².